The number of carbonyl (C=O) groups excluding carboxylic acids is 2. The van der Waals surface area contributed by atoms with E-state index in [0.717, 1.165) is 16.3 Å². The number of esters is 1. The van der Waals surface area contributed by atoms with Gasteiger partial charge in [0, 0.05) is 22.9 Å². The third kappa shape index (κ3) is 4.46. The molecule has 7 heteroatoms. The van der Waals surface area contributed by atoms with Gasteiger partial charge in [0.2, 0.25) is 0 Å². The maximum atomic E-state index is 13.2. The SMILES string of the molecule is COc1cc(OC)cc(C(=O)Oc2ccc3c4ccccc4n(C(=O)OCc4ccccc4)c3c2)c1. The van der Waals surface area contributed by atoms with Gasteiger partial charge in [-0.3, -0.25) is 0 Å². The zero-order valence-electron chi connectivity index (χ0n) is 19.8. The minimum Gasteiger partial charge on any atom is -0.497 e. The van der Waals surface area contributed by atoms with E-state index in [2.05, 4.69) is 0 Å². The molecule has 5 aromatic rings. The normalized spacial score (nSPS) is 10.8. The van der Waals surface area contributed by atoms with E-state index in [4.69, 9.17) is 18.9 Å². The maximum Gasteiger partial charge on any atom is 0.419 e. The first-order valence-corrected chi connectivity index (χ1v) is 11.3. The summed E-state index contributed by atoms with van der Waals surface area (Å²) >= 11 is 0. The number of carbonyl (C=O) groups is 2. The number of hydrogen-bond acceptors (Lipinski definition) is 6. The number of nitrogens with zero attached hydrogens (tertiary/aromatic N) is 1. The molecule has 4 aromatic carbocycles. The Morgan fingerprint density at radius 3 is 2.08 bits per heavy atom. The van der Waals surface area contributed by atoms with Crippen molar-refractivity contribution < 1.29 is 28.5 Å². The summed E-state index contributed by atoms with van der Waals surface area (Å²) in [5.74, 6) is 0.645. The van der Waals surface area contributed by atoms with Crippen LogP contribution in [0.25, 0.3) is 21.8 Å². The lowest BCUT2D eigenvalue weighted by atomic mass is 10.1. The average molecular weight is 482 g/mol. The molecule has 0 bridgehead atoms. The van der Waals surface area contributed by atoms with Crippen LogP contribution in [0.3, 0.4) is 0 Å². The third-order valence-electron chi connectivity index (χ3n) is 5.83. The fourth-order valence-electron chi connectivity index (χ4n) is 4.09. The van der Waals surface area contributed by atoms with Crippen molar-refractivity contribution in [3.63, 3.8) is 0 Å². The molecule has 0 aliphatic heterocycles. The highest BCUT2D eigenvalue weighted by molar-refractivity contribution is 6.12. The molecule has 0 saturated heterocycles. The Morgan fingerprint density at radius 2 is 1.36 bits per heavy atom. The summed E-state index contributed by atoms with van der Waals surface area (Å²) in [6.45, 7) is 0.139. The molecular formula is C29H23NO6. The molecule has 0 aliphatic carbocycles. The highest BCUT2D eigenvalue weighted by atomic mass is 16.6. The van der Waals surface area contributed by atoms with Gasteiger partial charge in [-0.05, 0) is 35.9 Å². The maximum absolute atomic E-state index is 13.2. The highest BCUT2D eigenvalue weighted by Crippen LogP contribution is 2.32. The molecule has 0 spiro atoms. The van der Waals surface area contributed by atoms with Crippen molar-refractivity contribution in [1.82, 2.24) is 4.57 Å². The van der Waals surface area contributed by atoms with Gasteiger partial charge in [0.15, 0.2) is 0 Å². The topological polar surface area (TPSA) is 76.0 Å². The van der Waals surface area contributed by atoms with E-state index in [-0.39, 0.29) is 17.9 Å². The fraction of sp³-hybridized carbons (Fsp3) is 0.103. The number of ether oxygens (including phenoxy) is 4. The zero-order valence-corrected chi connectivity index (χ0v) is 19.8. The van der Waals surface area contributed by atoms with Crippen molar-refractivity contribution in [3.05, 3.63) is 102 Å². The van der Waals surface area contributed by atoms with Crippen LogP contribution in [0.2, 0.25) is 0 Å². The van der Waals surface area contributed by atoms with E-state index in [1.807, 2.05) is 60.7 Å². The Kier molecular flexibility index (Phi) is 6.28. The average Bonchev–Trinajstić information content (AvgIpc) is 3.25. The molecule has 5 rings (SSSR count). The predicted octanol–water partition coefficient (Wildman–Crippen LogP) is 6.22. The molecular weight excluding hydrogens is 458 g/mol. The van der Waals surface area contributed by atoms with Gasteiger partial charge in [0.25, 0.3) is 0 Å². The van der Waals surface area contributed by atoms with E-state index >= 15 is 0 Å². The lowest BCUT2D eigenvalue weighted by molar-refractivity contribution is 0.0734. The molecule has 7 nitrogen and oxygen atoms in total. The van der Waals surface area contributed by atoms with E-state index in [1.54, 1.807) is 30.3 Å². The Labute approximate surface area is 207 Å². The number of methoxy groups -OCH3 is 2. The van der Waals surface area contributed by atoms with Gasteiger partial charge in [-0.15, -0.1) is 0 Å². The van der Waals surface area contributed by atoms with Crippen molar-refractivity contribution in [1.29, 1.82) is 0 Å². The molecule has 0 aliphatic rings. The van der Waals surface area contributed by atoms with E-state index in [9.17, 15) is 9.59 Å². The van der Waals surface area contributed by atoms with Crippen LogP contribution in [0, 0.1) is 0 Å². The summed E-state index contributed by atoms with van der Waals surface area (Å²) < 4.78 is 23.3. The fourth-order valence-corrected chi connectivity index (χ4v) is 4.09. The number of para-hydroxylation sites is 1. The van der Waals surface area contributed by atoms with E-state index in [1.165, 1.54) is 18.8 Å². The van der Waals surface area contributed by atoms with Crippen LogP contribution < -0.4 is 14.2 Å². The molecule has 1 heterocycles. The smallest absolute Gasteiger partial charge is 0.419 e. The highest BCUT2D eigenvalue weighted by Gasteiger charge is 2.19. The van der Waals surface area contributed by atoms with Crippen LogP contribution in [0.15, 0.2) is 91.0 Å². The van der Waals surface area contributed by atoms with Gasteiger partial charge in [-0.1, -0.05) is 48.5 Å². The second-order valence-corrected chi connectivity index (χ2v) is 8.06. The lowest BCUT2D eigenvalue weighted by Gasteiger charge is -2.10. The van der Waals surface area contributed by atoms with Crippen molar-refractivity contribution >= 4 is 33.9 Å². The summed E-state index contributed by atoms with van der Waals surface area (Å²) in [6.07, 6.45) is -0.522. The number of fused-ring (bicyclic) bond motifs is 3. The molecule has 0 fully saturated rings. The number of benzene rings is 4. The van der Waals surface area contributed by atoms with Gasteiger partial charge in [0.05, 0.1) is 30.8 Å². The standard InChI is InChI=1S/C29H23NO6/c1-33-22-14-20(15-23(16-22)34-2)28(31)36-21-12-13-25-24-10-6-7-11-26(24)30(27(25)17-21)29(32)35-18-19-8-4-3-5-9-19/h3-17H,18H2,1-2H3. The largest absolute Gasteiger partial charge is 0.497 e. The van der Waals surface area contributed by atoms with Crippen molar-refractivity contribution in [2.45, 2.75) is 6.61 Å². The van der Waals surface area contributed by atoms with Crippen LogP contribution in [0.5, 0.6) is 17.2 Å². The Balaban J connectivity index is 1.49. The minimum absolute atomic E-state index is 0.139. The molecule has 0 radical (unpaired) electrons. The van der Waals surface area contributed by atoms with Crippen molar-refractivity contribution in [2.75, 3.05) is 14.2 Å². The number of aromatic nitrogens is 1. The molecule has 1 aromatic heterocycles. The second-order valence-electron chi connectivity index (χ2n) is 8.06. The zero-order chi connectivity index (χ0) is 25.1. The van der Waals surface area contributed by atoms with Gasteiger partial charge >= 0.3 is 12.1 Å². The summed E-state index contributed by atoms with van der Waals surface area (Å²) in [7, 11) is 3.01. The Bertz CT molecular complexity index is 1550. The third-order valence-corrected chi connectivity index (χ3v) is 5.83. The predicted molar refractivity (Wildman–Crippen MR) is 136 cm³/mol. The van der Waals surface area contributed by atoms with Gasteiger partial charge in [-0.25, -0.2) is 14.2 Å². The molecule has 0 saturated carbocycles. The van der Waals surface area contributed by atoms with E-state index in [0.29, 0.717) is 22.5 Å². The number of hydrogen-bond donors (Lipinski definition) is 0. The number of rotatable bonds is 6. The van der Waals surface area contributed by atoms with Crippen molar-refractivity contribution in [3.8, 4) is 17.2 Å². The summed E-state index contributed by atoms with van der Waals surface area (Å²) in [5, 5.41) is 1.73. The van der Waals surface area contributed by atoms with Crippen LogP contribution in [0.4, 0.5) is 4.79 Å². The second kappa shape index (κ2) is 9.84. The van der Waals surface area contributed by atoms with E-state index < -0.39 is 12.1 Å². The van der Waals surface area contributed by atoms with Gasteiger partial charge < -0.3 is 18.9 Å². The van der Waals surface area contributed by atoms with Crippen LogP contribution in [-0.2, 0) is 11.3 Å². The Morgan fingerprint density at radius 1 is 0.694 bits per heavy atom. The summed E-state index contributed by atoms with van der Waals surface area (Å²) in [5.41, 5.74) is 2.43. The van der Waals surface area contributed by atoms with Crippen LogP contribution in [-0.4, -0.2) is 30.8 Å². The minimum atomic E-state index is -0.583. The molecule has 0 unspecified atom stereocenters. The quantitative estimate of drug-likeness (QED) is 0.212. The molecule has 0 amide bonds. The molecule has 36 heavy (non-hydrogen) atoms. The van der Waals surface area contributed by atoms with Crippen molar-refractivity contribution in [2.24, 2.45) is 0 Å². The van der Waals surface area contributed by atoms with Crippen LogP contribution >= 0.6 is 0 Å². The Hall–Kier alpha value is -4.78. The summed E-state index contributed by atoms with van der Waals surface area (Å²) in [6, 6.07) is 27.0. The molecule has 0 atom stereocenters. The summed E-state index contributed by atoms with van der Waals surface area (Å²) in [4.78, 5) is 26.1. The first-order chi connectivity index (χ1) is 17.6. The monoisotopic (exact) mass is 481 g/mol. The molecule has 180 valence electrons. The van der Waals surface area contributed by atoms with Gasteiger partial charge in [0.1, 0.15) is 23.9 Å². The first kappa shape index (κ1) is 23.0. The lowest BCUT2D eigenvalue weighted by Crippen LogP contribution is -2.13. The first-order valence-electron chi connectivity index (χ1n) is 11.3. The van der Waals surface area contributed by atoms with Gasteiger partial charge in [-0.2, -0.15) is 0 Å². The van der Waals surface area contributed by atoms with Crippen LogP contribution in [0.1, 0.15) is 15.9 Å². The molecule has 0 N–H and O–H groups in total.